The maximum Gasteiger partial charge on any atom is 0.140 e. The topological polar surface area (TPSA) is 17.1 Å². The maximum atomic E-state index is 12.6. The van der Waals surface area contributed by atoms with E-state index in [1.807, 2.05) is 6.07 Å². The molecule has 0 N–H and O–H groups in total. The predicted octanol–water partition coefficient (Wildman–Crippen LogP) is 4.91. The molecule has 0 aromatic heterocycles. The van der Waals surface area contributed by atoms with Gasteiger partial charge in [0.1, 0.15) is 5.78 Å². The molecule has 0 saturated heterocycles. The van der Waals surface area contributed by atoms with E-state index >= 15 is 0 Å². The second-order valence-electron chi connectivity index (χ2n) is 5.55. The van der Waals surface area contributed by atoms with Gasteiger partial charge in [0, 0.05) is 22.4 Å². The summed E-state index contributed by atoms with van der Waals surface area (Å²) in [5, 5.41) is 1.15. The molecule has 0 amide bonds. The SMILES string of the molecule is O=C(Cc1c(Cl)cccc1Cl)C1CCc2ccccc2C1. The maximum absolute atomic E-state index is 12.6. The highest BCUT2D eigenvalue weighted by atomic mass is 35.5. The third kappa shape index (κ3) is 3.14. The Kier molecular flexibility index (Phi) is 4.32. The van der Waals surface area contributed by atoms with Gasteiger partial charge in [-0.3, -0.25) is 4.79 Å². The lowest BCUT2D eigenvalue weighted by molar-refractivity contribution is -0.122. The monoisotopic (exact) mass is 318 g/mol. The molecule has 3 heteroatoms. The van der Waals surface area contributed by atoms with Crippen LogP contribution < -0.4 is 0 Å². The quantitative estimate of drug-likeness (QED) is 0.785. The molecule has 0 bridgehead atoms. The summed E-state index contributed by atoms with van der Waals surface area (Å²) in [5.41, 5.74) is 3.43. The number of carbonyl (C=O) groups excluding carboxylic acids is 1. The number of hydrogen-bond acceptors (Lipinski definition) is 1. The summed E-state index contributed by atoms with van der Waals surface area (Å²) in [6, 6.07) is 13.7. The largest absolute Gasteiger partial charge is 0.299 e. The molecule has 1 unspecified atom stereocenters. The third-order valence-corrected chi connectivity index (χ3v) is 4.92. The van der Waals surface area contributed by atoms with Crippen LogP contribution in [0, 0.1) is 5.92 Å². The van der Waals surface area contributed by atoms with Crippen molar-refractivity contribution >= 4 is 29.0 Å². The van der Waals surface area contributed by atoms with Gasteiger partial charge in [-0.05, 0) is 48.1 Å². The van der Waals surface area contributed by atoms with E-state index < -0.39 is 0 Å². The molecule has 1 aliphatic rings. The van der Waals surface area contributed by atoms with E-state index in [0.717, 1.165) is 24.8 Å². The normalized spacial score (nSPS) is 17.3. The minimum atomic E-state index is 0.0761. The minimum Gasteiger partial charge on any atom is -0.299 e. The van der Waals surface area contributed by atoms with Crippen molar-refractivity contribution in [3.8, 4) is 0 Å². The number of benzene rings is 2. The van der Waals surface area contributed by atoms with E-state index in [2.05, 4.69) is 18.2 Å². The molecule has 2 aromatic rings. The first-order chi connectivity index (χ1) is 10.1. The van der Waals surface area contributed by atoms with Crippen molar-refractivity contribution in [3.63, 3.8) is 0 Å². The Morgan fingerprint density at radius 3 is 2.38 bits per heavy atom. The van der Waals surface area contributed by atoms with Crippen LogP contribution in [0.1, 0.15) is 23.1 Å². The zero-order valence-corrected chi connectivity index (χ0v) is 13.1. The standard InChI is InChI=1S/C18H16Cl2O/c19-16-6-3-7-17(20)15(16)11-18(21)14-9-8-12-4-1-2-5-13(12)10-14/h1-7,14H,8-11H2. The van der Waals surface area contributed by atoms with Crippen molar-refractivity contribution in [2.75, 3.05) is 0 Å². The molecule has 0 spiro atoms. The predicted molar refractivity (Wildman–Crippen MR) is 87.1 cm³/mol. The number of rotatable bonds is 3. The fourth-order valence-electron chi connectivity index (χ4n) is 2.99. The summed E-state index contributed by atoms with van der Waals surface area (Å²) in [6.07, 6.45) is 3.04. The average Bonchev–Trinajstić information content (AvgIpc) is 2.50. The Balaban J connectivity index is 1.76. The lowest BCUT2D eigenvalue weighted by Gasteiger charge is -2.23. The zero-order chi connectivity index (χ0) is 14.8. The van der Waals surface area contributed by atoms with Crippen LogP contribution in [0.4, 0.5) is 0 Å². The number of aryl methyl sites for hydroxylation is 1. The lowest BCUT2D eigenvalue weighted by Crippen LogP contribution is -2.24. The van der Waals surface area contributed by atoms with Crippen LogP contribution in [0.2, 0.25) is 10.0 Å². The van der Waals surface area contributed by atoms with Gasteiger partial charge in [-0.15, -0.1) is 0 Å². The van der Waals surface area contributed by atoms with Crippen LogP contribution in [0.3, 0.4) is 0 Å². The molecule has 1 atom stereocenters. The van der Waals surface area contributed by atoms with Crippen LogP contribution in [-0.4, -0.2) is 5.78 Å². The second kappa shape index (κ2) is 6.21. The van der Waals surface area contributed by atoms with Crippen molar-refractivity contribution in [2.45, 2.75) is 25.7 Å². The Morgan fingerprint density at radius 2 is 1.67 bits per heavy atom. The number of ketones is 1. The second-order valence-corrected chi connectivity index (χ2v) is 6.37. The van der Waals surface area contributed by atoms with E-state index in [1.54, 1.807) is 18.2 Å². The first-order valence-electron chi connectivity index (χ1n) is 7.17. The van der Waals surface area contributed by atoms with Crippen LogP contribution >= 0.6 is 23.2 Å². The van der Waals surface area contributed by atoms with Gasteiger partial charge in [0.15, 0.2) is 0 Å². The van der Waals surface area contributed by atoms with Crippen LogP contribution in [0.15, 0.2) is 42.5 Å². The molecule has 0 aliphatic heterocycles. The highest BCUT2D eigenvalue weighted by Gasteiger charge is 2.25. The van der Waals surface area contributed by atoms with Crippen molar-refractivity contribution in [1.82, 2.24) is 0 Å². The van der Waals surface area contributed by atoms with Crippen LogP contribution in [0.5, 0.6) is 0 Å². The van der Waals surface area contributed by atoms with Crippen LogP contribution in [0.25, 0.3) is 0 Å². The number of Topliss-reactive ketones (excluding diaryl/α,β-unsaturated/α-hetero) is 1. The Bertz CT molecular complexity index is 658. The molecule has 0 saturated carbocycles. The number of halogens is 2. The fourth-order valence-corrected chi connectivity index (χ4v) is 3.52. The molecule has 0 radical (unpaired) electrons. The third-order valence-electron chi connectivity index (χ3n) is 4.21. The van der Waals surface area contributed by atoms with Crippen molar-refractivity contribution in [1.29, 1.82) is 0 Å². The Morgan fingerprint density at radius 1 is 1.00 bits per heavy atom. The number of carbonyl (C=O) groups is 1. The van der Waals surface area contributed by atoms with Crippen molar-refractivity contribution in [2.24, 2.45) is 5.92 Å². The Hall–Kier alpha value is -1.31. The summed E-state index contributed by atoms with van der Waals surface area (Å²) in [6.45, 7) is 0. The zero-order valence-electron chi connectivity index (χ0n) is 11.6. The van der Waals surface area contributed by atoms with Gasteiger partial charge in [-0.2, -0.15) is 0 Å². The molecule has 108 valence electrons. The highest BCUT2D eigenvalue weighted by molar-refractivity contribution is 6.36. The van der Waals surface area contributed by atoms with E-state index in [9.17, 15) is 4.79 Å². The van der Waals surface area contributed by atoms with Gasteiger partial charge >= 0.3 is 0 Å². The van der Waals surface area contributed by atoms with Crippen molar-refractivity contribution < 1.29 is 4.79 Å². The van der Waals surface area contributed by atoms with Gasteiger partial charge in [-0.1, -0.05) is 53.5 Å². The van der Waals surface area contributed by atoms with E-state index in [0.29, 0.717) is 16.5 Å². The number of hydrogen-bond donors (Lipinski definition) is 0. The van der Waals surface area contributed by atoms with Gasteiger partial charge < -0.3 is 0 Å². The summed E-state index contributed by atoms with van der Waals surface area (Å²) >= 11 is 12.3. The molecular weight excluding hydrogens is 303 g/mol. The number of fused-ring (bicyclic) bond motifs is 1. The average molecular weight is 319 g/mol. The van der Waals surface area contributed by atoms with E-state index in [4.69, 9.17) is 23.2 Å². The van der Waals surface area contributed by atoms with Gasteiger partial charge in [0.2, 0.25) is 0 Å². The van der Waals surface area contributed by atoms with Gasteiger partial charge in [-0.25, -0.2) is 0 Å². The van der Waals surface area contributed by atoms with Gasteiger partial charge in [0.05, 0.1) is 0 Å². The smallest absolute Gasteiger partial charge is 0.140 e. The van der Waals surface area contributed by atoms with E-state index in [1.165, 1.54) is 11.1 Å². The van der Waals surface area contributed by atoms with Gasteiger partial charge in [0.25, 0.3) is 0 Å². The highest BCUT2D eigenvalue weighted by Crippen LogP contribution is 2.30. The molecule has 21 heavy (non-hydrogen) atoms. The molecular formula is C18H16Cl2O. The molecule has 1 nitrogen and oxygen atoms in total. The molecule has 0 fully saturated rings. The molecule has 2 aromatic carbocycles. The molecule has 3 rings (SSSR count). The first-order valence-corrected chi connectivity index (χ1v) is 7.93. The van der Waals surface area contributed by atoms with Crippen LogP contribution in [-0.2, 0) is 24.1 Å². The van der Waals surface area contributed by atoms with Crippen molar-refractivity contribution in [3.05, 3.63) is 69.2 Å². The lowest BCUT2D eigenvalue weighted by atomic mass is 9.80. The van der Waals surface area contributed by atoms with E-state index in [-0.39, 0.29) is 11.7 Å². The minimum absolute atomic E-state index is 0.0761. The summed E-state index contributed by atoms with van der Waals surface area (Å²) in [5.74, 6) is 0.312. The first kappa shape index (κ1) is 14.6. The molecule has 1 aliphatic carbocycles. The Labute approximate surface area is 134 Å². The molecule has 0 heterocycles. The summed E-state index contributed by atoms with van der Waals surface area (Å²) in [7, 11) is 0. The summed E-state index contributed by atoms with van der Waals surface area (Å²) in [4.78, 5) is 12.6. The fraction of sp³-hybridized carbons (Fsp3) is 0.278. The summed E-state index contributed by atoms with van der Waals surface area (Å²) < 4.78 is 0.